The summed E-state index contributed by atoms with van der Waals surface area (Å²) in [6.07, 6.45) is 0. The van der Waals surface area contributed by atoms with Crippen molar-refractivity contribution < 1.29 is 14.3 Å². The van der Waals surface area contributed by atoms with Crippen LogP contribution in [-0.2, 0) is 11.8 Å². The Morgan fingerprint density at radius 1 is 1.03 bits per heavy atom. The third-order valence-electron chi connectivity index (χ3n) is 5.34. The number of thioether (sulfide) groups is 1. The zero-order valence-corrected chi connectivity index (χ0v) is 18.1. The van der Waals surface area contributed by atoms with Gasteiger partial charge in [0, 0.05) is 12.6 Å². The molecule has 1 atom stereocenters. The average Bonchev–Trinajstić information content (AvgIpc) is 3.24. The van der Waals surface area contributed by atoms with Crippen LogP contribution in [0.25, 0.3) is 5.69 Å². The zero-order chi connectivity index (χ0) is 21.4. The second kappa shape index (κ2) is 7.95. The highest BCUT2D eigenvalue weighted by Gasteiger charge is 2.39. The molecule has 1 saturated heterocycles. The Hall–Kier alpha value is -3.13. The number of ether oxygens (including phenoxy) is 2. The summed E-state index contributed by atoms with van der Waals surface area (Å²) >= 11 is 1.47. The third kappa shape index (κ3) is 3.17. The van der Waals surface area contributed by atoms with E-state index in [1.165, 1.54) is 11.8 Å². The maximum atomic E-state index is 13.5. The van der Waals surface area contributed by atoms with E-state index in [2.05, 4.69) is 0 Å². The van der Waals surface area contributed by atoms with Crippen molar-refractivity contribution in [3.8, 4) is 17.2 Å². The Kier molecular flexibility index (Phi) is 5.34. The standard InChI is InChI=1S/C22H23N3O4S/c1-14-20(21(27)25(23(14)2)15-8-6-5-7-9-15)24-19(26)13-30-22(24)17-12-16(28-3)10-11-18(17)29-4/h5-12,22H,13H2,1-4H3/t22-/m1/s1. The molecule has 0 unspecified atom stereocenters. The molecule has 1 aliphatic rings. The summed E-state index contributed by atoms with van der Waals surface area (Å²) in [4.78, 5) is 28.0. The summed E-state index contributed by atoms with van der Waals surface area (Å²) in [5.41, 5.74) is 2.40. The Bertz CT molecular complexity index is 1150. The van der Waals surface area contributed by atoms with Crippen molar-refractivity contribution in [2.45, 2.75) is 12.3 Å². The molecule has 2 heterocycles. The van der Waals surface area contributed by atoms with E-state index >= 15 is 0 Å². The first kappa shape index (κ1) is 20.2. The van der Waals surface area contributed by atoms with Crippen molar-refractivity contribution in [2.24, 2.45) is 7.05 Å². The quantitative estimate of drug-likeness (QED) is 0.628. The number of hydrogen-bond acceptors (Lipinski definition) is 5. The second-order valence-electron chi connectivity index (χ2n) is 6.95. The highest BCUT2D eigenvalue weighted by molar-refractivity contribution is 8.00. The molecule has 2 aromatic carbocycles. The first-order chi connectivity index (χ1) is 14.5. The number of carbonyl (C=O) groups excluding carboxylic acids is 1. The molecule has 156 valence electrons. The molecule has 0 bridgehead atoms. The van der Waals surface area contributed by atoms with E-state index in [1.54, 1.807) is 28.5 Å². The van der Waals surface area contributed by atoms with Gasteiger partial charge in [-0.25, -0.2) is 4.68 Å². The first-order valence-corrected chi connectivity index (χ1v) is 10.5. The van der Waals surface area contributed by atoms with E-state index in [1.807, 2.05) is 62.5 Å². The molecule has 1 aromatic heterocycles. The van der Waals surface area contributed by atoms with Gasteiger partial charge in [0.05, 0.1) is 31.4 Å². The molecule has 8 heteroatoms. The minimum absolute atomic E-state index is 0.110. The number of para-hydroxylation sites is 1. The van der Waals surface area contributed by atoms with Crippen molar-refractivity contribution in [3.63, 3.8) is 0 Å². The van der Waals surface area contributed by atoms with Crippen LogP contribution in [0.1, 0.15) is 16.6 Å². The van der Waals surface area contributed by atoms with Gasteiger partial charge in [-0.2, -0.15) is 0 Å². The minimum Gasteiger partial charge on any atom is -0.497 e. The topological polar surface area (TPSA) is 65.7 Å². The number of rotatable bonds is 5. The van der Waals surface area contributed by atoms with Crippen molar-refractivity contribution in [1.29, 1.82) is 0 Å². The van der Waals surface area contributed by atoms with Crippen LogP contribution < -0.4 is 19.9 Å². The first-order valence-electron chi connectivity index (χ1n) is 9.47. The molecule has 7 nitrogen and oxygen atoms in total. The van der Waals surface area contributed by atoms with Crippen molar-refractivity contribution in [3.05, 3.63) is 70.1 Å². The van der Waals surface area contributed by atoms with E-state index < -0.39 is 0 Å². The van der Waals surface area contributed by atoms with Crippen LogP contribution in [0.5, 0.6) is 11.5 Å². The van der Waals surface area contributed by atoms with E-state index in [4.69, 9.17) is 9.47 Å². The van der Waals surface area contributed by atoms with Gasteiger partial charge in [-0.15, -0.1) is 11.8 Å². The fraction of sp³-hybridized carbons (Fsp3) is 0.273. The molecule has 0 N–H and O–H groups in total. The highest BCUT2D eigenvalue weighted by Crippen LogP contribution is 2.45. The second-order valence-corrected chi connectivity index (χ2v) is 8.01. The van der Waals surface area contributed by atoms with Crippen molar-refractivity contribution in [2.75, 3.05) is 24.9 Å². The van der Waals surface area contributed by atoms with Crippen LogP contribution in [-0.4, -0.2) is 35.2 Å². The van der Waals surface area contributed by atoms with Gasteiger partial charge in [0.15, 0.2) is 0 Å². The van der Waals surface area contributed by atoms with Gasteiger partial charge in [-0.05, 0) is 37.3 Å². The molecule has 0 radical (unpaired) electrons. The summed E-state index contributed by atoms with van der Waals surface area (Å²) in [6.45, 7) is 1.85. The van der Waals surface area contributed by atoms with Gasteiger partial charge in [-0.3, -0.25) is 19.2 Å². The Balaban J connectivity index is 1.88. The molecule has 0 spiro atoms. The maximum Gasteiger partial charge on any atom is 0.295 e. The average molecular weight is 426 g/mol. The predicted octanol–water partition coefficient (Wildman–Crippen LogP) is 3.28. The van der Waals surface area contributed by atoms with Crippen LogP contribution in [0.2, 0.25) is 0 Å². The number of anilines is 1. The normalized spacial score (nSPS) is 16.2. The Morgan fingerprint density at radius 3 is 2.43 bits per heavy atom. The van der Waals surface area contributed by atoms with E-state index in [-0.39, 0.29) is 22.6 Å². The van der Waals surface area contributed by atoms with Gasteiger partial charge < -0.3 is 9.47 Å². The largest absolute Gasteiger partial charge is 0.497 e. The van der Waals surface area contributed by atoms with Gasteiger partial charge in [-0.1, -0.05) is 18.2 Å². The van der Waals surface area contributed by atoms with E-state index in [0.29, 0.717) is 22.9 Å². The van der Waals surface area contributed by atoms with Crippen LogP contribution in [0.15, 0.2) is 53.3 Å². The van der Waals surface area contributed by atoms with Crippen LogP contribution in [0, 0.1) is 6.92 Å². The zero-order valence-electron chi connectivity index (χ0n) is 17.3. The lowest BCUT2D eigenvalue weighted by Crippen LogP contribution is -2.33. The van der Waals surface area contributed by atoms with Crippen LogP contribution >= 0.6 is 11.8 Å². The fourth-order valence-electron chi connectivity index (χ4n) is 3.76. The number of hydrogen-bond donors (Lipinski definition) is 0. The number of benzene rings is 2. The van der Waals surface area contributed by atoms with Crippen molar-refractivity contribution in [1.82, 2.24) is 9.36 Å². The predicted molar refractivity (Wildman–Crippen MR) is 118 cm³/mol. The van der Waals surface area contributed by atoms with E-state index in [9.17, 15) is 9.59 Å². The van der Waals surface area contributed by atoms with Crippen molar-refractivity contribution >= 4 is 23.4 Å². The summed E-state index contributed by atoms with van der Waals surface area (Å²) in [6, 6.07) is 14.9. The monoisotopic (exact) mass is 425 g/mol. The summed E-state index contributed by atoms with van der Waals surface area (Å²) in [5, 5.41) is -0.388. The Morgan fingerprint density at radius 2 is 1.77 bits per heavy atom. The smallest absolute Gasteiger partial charge is 0.295 e. The molecule has 1 amide bonds. The minimum atomic E-state index is -0.388. The SMILES string of the molecule is COc1ccc(OC)c([C@H]2SCC(=O)N2c2c(C)n(C)n(-c3ccccc3)c2=O)c1. The van der Waals surface area contributed by atoms with Gasteiger partial charge >= 0.3 is 0 Å². The fourth-order valence-corrected chi connectivity index (χ4v) is 4.94. The summed E-state index contributed by atoms with van der Waals surface area (Å²) < 4.78 is 14.3. The number of carbonyl (C=O) groups is 1. The molecule has 0 saturated carbocycles. The van der Waals surface area contributed by atoms with Gasteiger partial charge in [0.2, 0.25) is 5.91 Å². The summed E-state index contributed by atoms with van der Waals surface area (Å²) in [7, 11) is 5.01. The lowest BCUT2D eigenvalue weighted by atomic mass is 10.1. The molecule has 0 aliphatic carbocycles. The van der Waals surface area contributed by atoms with Crippen LogP contribution in [0.4, 0.5) is 5.69 Å². The highest BCUT2D eigenvalue weighted by atomic mass is 32.2. The maximum absolute atomic E-state index is 13.5. The molecule has 1 fully saturated rings. The molecule has 4 rings (SSSR count). The number of nitrogens with zero attached hydrogens (tertiary/aromatic N) is 3. The number of aromatic nitrogens is 2. The molecule has 1 aliphatic heterocycles. The van der Waals surface area contributed by atoms with Crippen LogP contribution in [0.3, 0.4) is 0 Å². The lowest BCUT2D eigenvalue weighted by molar-refractivity contribution is -0.115. The summed E-state index contributed by atoms with van der Waals surface area (Å²) in [5.74, 6) is 1.48. The third-order valence-corrected chi connectivity index (χ3v) is 6.53. The van der Waals surface area contributed by atoms with Gasteiger partial charge in [0.1, 0.15) is 22.6 Å². The Labute approximate surface area is 178 Å². The number of amides is 1. The van der Waals surface area contributed by atoms with E-state index in [0.717, 1.165) is 11.3 Å². The lowest BCUT2D eigenvalue weighted by Gasteiger charge is -2.25. The molecule has 3 aromatic rings. The molecular formula is C22H23N3O4S. The number of methoxy groups -OCH3 is 2. The molecule has 30 heavy (non-hydrogen) atoms. The van der Waals surface area contributed by atoms with Gasteiger partial charge in [0.25, 0.3) is 5.56 Å². The molecular weight excluding hydrogens is 402 g/mol.